The lowest BCUT2D eigenvalue weighted by Crippen LogP contribution is -2.05. The first-order valence-electron chi connectivity index (χ1n) is 5.63. The third kappa shape index (κ3) is 3.16. The largest absolute Gasteiger partial charge is 0.477 e. The van der Waals surface area contributed by atoms with Crippen molar-refractivity contribution in [2.75, 3.05) is 5.32 Å². The maximum absolute atomic E-state index is 13.9. The smallest absolute Gasteiger partial charge is 0.342 e. The highest BCUT2D eigenvalue weighted by Gasteiger charge is 2.23. The number of aromatic carboxylic acids is 1. The minimum absolute atomic E-state index is 0.162. The third-order valence-electron chi connectivity index (χ3n) is 2.66. The lowest BCUT2D eigenvalue weighted by molar-refractivity contribution is -0.385. The van der Waals surface area contributed by atoms with Gasteiger partial charge in [-0.1, -0.05) is 12.1 Å². The Labute approximate surface area is 126 Å². The molecule has 0 saturated carbocycles. The molecule has 0 radical (unpaired) electrons. The van der Waals surface area contributed by atoms with Crippen LogP contribution in [0.1, 0.15) is 10.4 Å². The van der Waals surface area contributed by atoms with Gasteiger partial charge in [-0.15, -0.1) is 0 Å². The van der Waals surface area contributed by atoms with Crippen molar-refractivity contribution in [3.8, 4) is 0 Å². The number of halogens is 2. The van der Waals surface area contributed by atoms with E-state index in [-0.39, 0.29) is 5.69 Å². The van der Waals surface area contributed by atoms with Crippen LogP contribution in [0, 0.1) is 15.9 Å². The van der Waals surface area contributed by atoms with E-state index in [1.54, 1.807) is 24.3 Å². The SMILES string of the molecule is O=C(O)c1cc(Nc2ccccc2Br)c(F)cc1[N+](=O)[O-]. The predicted molar refractivity (Wildman–Crippen MR) is 77.4 cm³/mol. The molecule has 0 fully saturated rings. The number of rotatable bonds is 4. The molecule has 0 spiro atoms. The Morgan fingerprint density at radius 1 is 1.29 bits per heavy atom. The second kappa shape index (κ2) is 5.88. The molecule has 0 aromatic heterocycles. The molecule has 8 heteroatoms. The fraction of sp³-hybridized carbons (Fsp3) is 0. The predicted octanol–water partition coefficient (Wildman–Crippen LogP) is 3.94. The van der Waals surface area contributed by atoms with Gasteiger partial charge in [0.05, 0.1) is 22.4 Å². The fourth-order valence-corrected chi connectivity index (χ4v) is 2.07. The summed E-state index contributed by atoms with van der Waals surface area (Å²) in [4.78, 5) is 20.9. The number of carbonyl (C=O) groups is 1. The van der Waals surface area contributed by atoms with Crippen molar-refractivity contribution in [3.05, 3.63) is 62.4 Å². The van der Waals surface area contributed by atoms with Gasteiger partial charge in [-0.3, -0.25) is 10.1 Å². The maximum atomic E-state index is 13.9. The van der Waals surface area contributed by atoms with Crippen molar-refractivity contribution in [1.82, 2.24) is 0 Å². The van der Waals surface area contributed by atoms with Gasteiger partial charge in [0.1, 0.15) is 5.56 Å². The topological polar surface area (TPSA) is 92.5 Å². The van der Waals surface area contributed by atoms with E-state index in [4.69, 9.17) is 5.11 Å². The molecule has 0 aliphatic heterocycles. The minimum atomic E-state index is -1.50. The number of para-hydroxylation sites is 1. The van der Waals surface area contributed by atoms with E-state index in [1.807, 2.05) is 0 Å². The van der Waals surface area contributed by atoms with Crippen LogP contribution in [0.2, 0.25) is 0 Å². The van der Waals surface area contributed by atoms with Gasteiger partial charge < -0.3 is 10.4 Å². The Morgan fingerprint density at radius 2 is 1.95 bits per heavy atom. The molecule has 6 nitrogen and oxygen atoms in total. The highest BCUT2D eigenvalue weighted by atomic mass is 79.9. The lowest BCUT2D eigenvalue weighted by atomic mass is 10.1. The number of hydrogen-bond donors (Lipinski definition) is 2. The number of nitro benzene ring substituents is 1. The van der Waals surface area contributed by atoms with E-state index in [0.29, 0.717) is 16.2 Å². The zero-order chi connectivity index (χ0) is 15.6. The van der Waals surface area contributed by atoms with Crippen molar-refractivity contribution in [1.29, 1.82) is 0 Å². The molecule has 0 aliphatic carbocycles. The summed E-state index contributed by atoms with van der Waals surface area (Å²) in [6.07, 6.45) is 0. The van der Waals surface area contributed by atoms with Gasteiger partial charge in [-0.05, 0) is 34.1 Å². The van der Waals surface area contributed by atoms with Crippen LogP contribution in [-0.2, 0) is 0 Å². The molecule has 0 atom stereocenters. The standard InChI is InChI=1S/C13H8BrFN2O4/c14-8-3-1-2-4-10(8)16-11-5-7(13(18)19)12(17(20)21)6-9(11)15/h1-6,16H,(H,18,19). The Balaban J connectivity index is 2.50. The Morgan fingerprint density at radius 3 is 2.52 bits per heavy atom. The molecular formula is C13H8BrFN2O4. The number of nitrogens with zero attached hydrogens (tertiary/aromatic N) is 1. The quantitative estimate of drug-likeness (QED) is 0.640. The van der Waals surface area contributed by atoms with Gasteiger partial charge in [-0.2, -0.15) is 0 Å². The summed E-state index contributed by atoms with van der Waals surface area (Å²) in [6, 6.07) is 8.30. The molecule has 2 rings (SSSR count). The molecule has 21 heavy (non-hydrogen) atoms. The molecule has 0 bridgehead atoms. The van der Waals surface area contributed by atoms with Crippen LogP contribution in [0.3, 0.4) is 0 Å². The lowest BCUT2D eigenvalue weighted by Gasteiger charge is -2.10. The van der Waals surface area contributed by atoms with Crippen molar-refractivity contribution in [3.63, 3.8) is 0 Å². The number of hydrogen-bond acceptors (Lipinski definition) is 4. The van der Waals surface area contributed by atoms with Crippen molar-refractivity contribution in [2.45, 2.75) is 0 Å². The molecule has 0 amide bonds. The van der Waals surface area contributed by atoms with Crippen LogP contribution < -0.4 is 5.32 Å². The fourth-order valence-electron chi connectivity index (χ4n) is 1.69. The molecule has 0 unspecified atom stereocenters. The summed E-state index contributed by atoms with van der Waals surface area (Å²) >= 11 is 3.25. The molecule has 0 aliphatic rings. The summed E-state index contributed by atoms with van der Waals surface area (Å²) in [7, 11) is 0. The van der Waals surface area contributed by atoms with Crippen LogP contribution >= 0.6 is 15.9 Å². The highest BCUT2D eigenvalue weighted by molar-refractivity contribution is 9.10. The average Bonchev–Trinajstić information content (AvgIpc) is 2.42. The Bertz CT molecular complexity index is 736. The first-order chi connectivity index (χ1) is 9.90. The zero-order valence-corrected chi connectivity index (χ0v) is 11.9. The average molecular weight is 355 g/mol. The van der Waals surface area contributed by atoms with E-state index in [1.165, 1.54) is 0 Å². The molecule has 2 aromatic rings. The van der Waals surface area contributed by atoms with E-state index in [9.17, 15) is 19.3 Å². The van der Waals surface area contributed by atoms with Gasteiger partial charge in [0.15, 0.2) is 5.82 Å². The first kappa shape index (κ1) is 14.9. The summed E-state index contributed by atoms with van der Waals surface area (Å²) < 4.78 is 14.5. The summed E-state index contributed by atoms with van der Waals surface area (Å²) in [5.41, 5.74) is -1.04. The minimum Gasteiger partial charge on any atom is -0.477 e. The number of carboxylic acid groups (broad SMARTS) is 1. The van der Waals surface area contributed by atoms with Gasteiger partial charge in [0.25, 0.3) is 5.69 Å². The van der Waals surface area contributed by atoms with Gasteiger partial charge in [-0.25, -0.2) is 9.18 Å². The molecule has 108 valence electrons. The summed E-state index contributed by atoms with van der Waals surface area (Å²) in [6.45, 7) is 0. The van der Waals surface area contributed by atoms with Gasteiger partial charge in [0, 0.05) is 4.47 Å². The van der Waals surface area contributed by atoms with E-state index in [2.05, 4.69) is 21.2 Å². The zero-order valence-electron chi connectivity index (χ0n) is 10.3. The Kier molecular flexibility index (Phi) is 4.18. The van der Waals surface area contributed by atoms with Crippen LogP contribution in [0.25, 0.3) is 0 Å². The van der Waals surface area contributed by atoms with Crippen molar-refractivity contribution < 1.29 is 19.2 Å². The highest BCUT2D eigenvalue weighted by Crippen LogP contribution is 2.31. The van der Waals surface area contributed by atoms with Crippen LogP contribution in [0.5, 0.6) is 0 Å². The van der Waals surface area contributed by atoms with Crippen LogP contribution in [0.4, 0.5) is 21.5 Å². The number of anilines is 2. The molecule has 2 N–H and O–H groups in total. The normalized spacial score (nSPS) is 10.2. The molecule has 0 heterocycles. The number of nitro groups is 1. The monoisotopic (exact) mass is 354 g/mol. The number of carboxylic acids is 1. The summed E-state index contributed by atoms with van der Waals surface area (Å²) in [5.74, 6) is -2.42. The number of nitrogens with one attached hydrogen (secondary N) is 1. The summed E-state index contributed by atoms with van der Waals surface area (Å²) in [5, 5.41) is 22.4. The van der Waals surface area contributed by atoms with Crippen molar-refractivity contribution in [2.24, 2.45) is 0 Å². The van der Waals surface area contributed by atoms with E-state index >= 15 is 0 Å². The second-order valence-electron chi connectivity index (χ2n) is 4.02. The van der Waals surface area contributed by atoms with Crippen LogP contribution in [-0.4, -0.2) is 16.0 Å². The molecular weight excluding hydrogens is 347 g/mol. The molecule has 0 saturated heterocycles. The van der Waals surface area contributed by atoms with Crippen molar-refractivity contribution >= 4 is 39.0 Å². The van der Waals surface area contributed by atoms with Gasteiger partial charge >= 0.3 is 5.97 Å². The third-order valence-corrected chi connectivity index (χ3v) is 3.35. The maximum Gasteiger partial charge on any atom is 0.342 e. The van der Waals surface area contributed by atoms with E-state index < -0.39 is 28.0 Å². The Hall–Kier alpha value is -2.48. The second-order valence-corrected chi connectivity index (χ2v) is 4.87. The number of benzene rings is 2. The first-order valence-corrected chi connectivity index (χ1v) is 6.42. The van der Waals surface area contributed by atoms with Gasteiger partial charge in [0.2, 0.25) is 0 Å². The van der Waals surface area contributed by atoms with Crippen LogP contribution in [0.15, 0.2) is 40.9 Å². The van der Waals surface area contributed by atoms with E-state index in [0.717, 1.165) is 6.07 Å². The molecule has 2 aromatic carbocycles.